The van der Waals surface area contributed by atoms with Gasteiger partial charge in [0.2, 0.25) is 0 Å². The number of aryl methyl sites for hydroxylation is 2. The first kappa shape index (κ1) is 13.7. The average molecular weight is 302 g/mol. The van der Waals surface area contributed by atoms with Crippen molar-refractivity contribution in [3.8, 4) is 5.82 Å². The Kier molecular flexibility index (Phi) is 3.42. The lowest BCUT2D eigenvalue weighted by Crippen LogP contribution is -2.03. The van der Waals surface area contributed by atoms with Crippen LogP contribution in [-0.2, 0) is 4.74 Å². The van der Waals surface area contributed by atoms with Gasteiger partial charge < -0.3 is 4.74 Å². The average Bonchev–Trinajstić information content (AvgIpc) is 3.05. The molecule has 0 aliphatic heterocycles. The van der Waals surface area contributed by atoms with Gasteiger partial charge >= 0.3 is 5.97 Å². The third-order valence-electron chi connectivity index (χ3n) is 3.26. The molecular formula is C14H14N4O2S. The SMILES string of the molecule is CCOC(=O)c1cnn(-c2ncnc3sc(C)c(C)c23)c1. The van der Waals surface area contributed by atoms with Crippen molar-refractivity contribution in [1.29, 1.82) is 0 Å². The van der Waals surface area contributed by atoms with E-state index in [9.17, 15) is 4.79 Å². The Balaban J connectivity index is 2.11. The van der Waals surface area contributed by atoms with Crippen LogP contribution in [0.2, 0.25) is 0 Å². The summed E-state index contributed by atoms with van der Waals surface area (Å²) in [6, 6.07) is 0. The largest absolute Gasteiger partial charge is 0.462 e. The van der Waals surface area contributed by atoms with Crippen molar-refractivity contribution in [3.05, 3.63) is 34.7 Å². The molecule has 0 saturated carbocycles. The summed E-state index contributed by atoms with van der Waals surface area (Å²) in [5.41, 5.74) is 1.55. The molecule has 108 valence electrons. The molecule has 0 aliphatic carbocycles. The van der Waals surface area contributed by atoms with Crippen molar-refractivity contribution in [2.45, 2.75) is 20.8 Å². The highest BCUT2D eigenvalue weighted by Gasteiger charge is 2.16. The minimum Gasteiger partial charge on any atom is -0.462 e. The van der Waals surface area contributed by atoms with Gasteiger partial charge in [0.1, 0.15) is 11.2 Å². The molecule has 3 heterocycles. The molecule has 3 rings (SSSR count). The summed E-state index contributed by atoms with van der Waals surface area (Å²) < 4.78 is 6.56. The minimum atomic E-state index is -0.382. The highest BCUT2D eigenvalue weighted by atomic mass is 32.1. The first-order valence-corrected chi connectivity index (χ1v) is 7.36. The van der Waals surface area contributed by atoms with Gasteiger partial charge in [0.15, 0.2) is 5.82 Å². The molecule has 0 spiro atoms. The Bertz CT molecular complexity index is 822. The summed E-state index contributed by atoms with van der Waals surface area (Å²) in [5, 5.41) is 5.19. The maximum atomic E-state index is 11.7. The number of hydrogen-bond acceptors (Lipinski definition) is 6. The third-order valence-corrected chi connectivity index (χ3v) is 4.37. The van der Waals surface area contributed by atoms with E-state index in [0.29, 0.717) is 18.0 Å². The fourth-order valence-corrected chi connectivity index (χ4v) is 3.09. The van der Waals surface area contributed by atoms with Gasteiger partial charge in [0.05, 0.1) is 23.8 Å². The second kappa shape index (κ2) is 5.25. The number of rotatable bonds is 3. The van der Waals surface area contributed by atoms with Gasteiger partial charge in [-0.3, -0.25) is 0 Å². The fraction of sp³-hybridized carbons (Fsp3) is 0.286. The predicted octanol–water partition coefficient (Wildman–Crippen LogP) is 2.67. The van der Waals surface area contributed by atoms with E-state index in [1.165, 1.54) is 17.4 Å². The zero-order chi connectivity index (χ0) is 15.0. The number of nitrogens with zero attached hydrogens (tertiary/aromatic N) is 4. The first-order valence-electron chi connectivity index (χ1n) is 6.54. The van der Waals surface area contributed by atoms with E-state index in [1.807, 2.05) is 6.92 Å². The van der Waals surface area contributed by atoms with Crippen molar-refractivity contribution < 1.29 is 9.53 Å². The van der Waals surface area contributed by atoms with Crippen LogP contribution in [0.1, 0.15) is 27.7 Å². The number of thiophene rings is 1. The van der Waals surface area contributed by atoms with Crippen LogP contribution in [0.4, 0.5) is 0 Å². The van der Waals surface area contributed by atoms with Crippen molar-refractivity contribution in [2.75, 3.05) is 6.61 Å². The van der Waals surface area contributed by atoms with Gasteiger partial charge in [-0.15, -0.1) is 11.3 Å². The summed E-state index contributed by atoms with van der Waals surface area (Å²) in [4.78, 5) is 22.4. The van der Waals surface area contributed by atoms with Crippen LogP contribution in [0.5, 0.6) is 0 Å². The number of carbonyl (C=O) groups excluding carboxylic acids is 1. The molecule has 3 aromatic heterocycles. The number of ether oxygens (including phenoxy) is 1. The molecule has 7 heteroatoms. The Morgan fingerprint density at radius 3 is 2.95 bits per heavy atom. The van der Waals surface area contributed by atoms with Crippen molar-refractivity contribution in [3.63, 3.8) is 0 Å². The van der Waals surface area contributed by atoms with Crippen molar-refractivity contribution in [2.24, 2.45) is 0 Å². The van der Waals surface area contributed by atoms with E-state index in [0.717, 1.165) is 15.8 Å². The smallest absolute Gasteiger partial charge is 0.341 e. The number of esters is 1. The van der Waals surface area contributed by atoms with Crippen molar-refractivity contribution >= 4 is 27.5 Å². The van der Waals surface area contributed by atoms with E-state index in [4.69, 9.17) is 4.74 Å². The van der Waals surface area contributed by atoms with Crippen molar-refractivity contribution in [1.82, 2.24) is 19.7 Å². The fourth-order valence-electron chi connectivity index (χ4n) is 2.10. The molecular weight excluding hydrogens is 288 g/mol. The zero-order valence-electron chi connectivity index (χ0n) is 12.0. The Labute approximate surface area is 125 Å². The minimum absolute atomic E-state index is 0.338. The van der Waals surface area contributed by atoms with Gasteiger partial charge in [-0.05, 0) is 26.3 Å². The number of carbonyl (C=O) groups is 1. The second-order valence-corrected chi connectivity index (χ2v) is 5.76. The summed E-state index contributed by atoms with van der Waals surface area (Å²) in [6.45, 7) is 6.20. The van der Waals surface area contributed by atoms with Crippen LogP contribution in [-0.4, -0.2) is 32.3 Å². The highest BCUT2D eigenvalue weighted by Crippen LogP contribution is 2.31. The molecule has 0 bridgehead atoms. The molecule has 3 aromatic rings. The number of hydrogen-bond donors (Lipinski definition) is 0. The molecule has 0 amide bonds. The van der Waals surface area contributed by atoms with Gasteiger partial charge in [-0.1, -0.05) is 0 Å². The maximum absolute atomic E-state index is 11.7. The van der Waals surface area contributed by atoms with E-state index in [-0.39, 0.29) is 5.97 Å². The number of aromatic nitrogens is 4. The van der Waals surface area contributed by atoms with E-state index >= 15 is 0 Å². The number of fused-ring (bicyclic) bond motifs is 1. The molecule has 0 radical (unpaired) electrons. The van der Waals surface area contributed by atoms with Crippen LogP contribution in [0, 0.1) is 13.8 Å². The Hall–Kier alpha value is -2.28. The molecule has 0 atom stereocenters. The summed E-state index contributed by atoms with van der Waals surface area (Å²) in [6.07, 6.45) is 4.63. The van der Waals surface area contributed by atoms with E-state index < -0.39 is 0 Å². The molecule has 0 aromatic carbocycles. The third kappa shape index (κ3) is 2.29. The topological polar surface area (TPSA) is 69.9 Å². The van der Waals surface area contributed by atoms with Crippen LogP contribution < -0.4 is 0 Å². The second-order valence-electron chi connectivity index (χ2n) is 4.55. The van der Waals surface area contributed by atoms with Gasteiger partial charge in [-0.25, -0.2) is 19.4 Å². The normalized spacial score (nSPS) is 11.0. The molecule has 6 nitrogen and oxygen atoms in total. The first-order chi connectivity index (χ1) is 10.1. The van der Waals surface area contributed by atoms with Crippen LogP contribution in [0.15, 0.2) is 18.7 Å². The van der Waals surface area contributed by atoms with Gasteiger partial charge in [0, 0.05) is 11.1 Å². The maximum Gasteiger partial charge on any atom is 0.341 e. The molecule has 0 aliphatic rings. The van der Waals surface area contributed by atoms with Gasteiger partial charge in [0.25, 0.3) is 0 Å². The molecule has 0 fully saturated rings. The monoisotopic (exact) mass is 302 g/mol. The lowest BCUT2D eigenvalue weighted by Gasteiger charge is -2.02. The van der Waals surface area contributed by atoms with Crippen LogP contribution in [0.25, 0.3) is 16.0 Å². The highest BCUT2D eigenvalue weighted by molar-refractivity contribution is 7.18. The summed E-state index contributed by atoms with van der Waals surface area (Å²) in [7, 11) is 0. The van der Waals surface area contributed by atoms with Crippen LogP contribution >= 0.6 is 11.3 Å². The van der Waals surface area contributed by atoms with Crippen LogP contribution in [0.3, 0.4) is 0 Å². The Morgan fingerprint density at radius 2 is 2.19 bits per heavy atom. The summed E-state index contributed by atoms with van der Waals surface area (Å²) in [5.74, 6) is 0.296. The predicted molar refractivity (Wildman–Crippen MR) is 80.0 cm³/mol. The van der Waals surface area contributed by atoms with E-state index in [1.54, 1.807) is 29.1 Å². The molecule has 0 unspecified atom stereocenters. The standard InChI is InChI=1S/C14H14N4O2S/c1-4-20-14(19)10-5-17-18(6-10)12-11-8(2)9(3)21-13(11)16-7-15-12/h5-7H,4H2,1-3H3. The lowest BCUT2D eigenvalue weighted by atomic mass is 10.2. The van der Waals surface area contributed by atoms with Gasteiger partial charge in [-0.2, -0.15) is 5.10 Å². The zero-order valence-corrected chi connectivity index (χ0v) is 12.8. The molecule has 0 N–H and O–H groups in total. The molecule has 0 saturated heterocycles. The lowest BCUT2D eigenvalue weighted by molar-refractivity contribution is 0.0526. The van der Waals surface area contributed by atoms with E-state index in [2.05, 4.69) is 22.0 Å². The Morgan fingerprint density at radius 1 is 1.38 bits per heavy atom. The molecule has 21 heavy (non-hydrogen) atoms. The summed E-state index contributed by atoms with van der Waals surface area (Å²) >= 11 is 1.62. The quantitative estimate of drug-likeness (QED) is 0.696.